The van der Waals surface area contributed by atoms with Crippen molar-refractivity contribution in [2.45, 2.75) is 39.8 Å². The van der Waals surface area contributed by atoms with E-state index in [0.717, 1.165) is 47.6 Å². The minimum atomic E-state index is -0.0648. The largest absolute Gasteiger partial charge is 0.352 e. The maximum Gasteiger partial charge on any atom is 0.241 e. The lowest BCUT2D eigenvalue weighted by atomic mass is 9.97. The topological polar surface area (TPSA) is 89.1 Å². The van der Waals surface area contributed by atoms with Crippen molar-refractivity contribution in [2.75, 3.05) is 13.1 Å². The number of likely N-dealkylation sites (tertiary alicyclic amines) is 1. The number of aryl methyl sites for hydroxylation is 2. The molecule has 1 aliphatic rings. The number of piperidine rings is 1. The second kappa shape index (κ2) is 10.2. The third-order valence-electron chi connectivity index (χ3n) is 6.51. The Kier molecular flexibility index (Phi) is 6.72. The van der Waals surface area contributed by atoms with Crippen LogP contribution in [0.15, 0.2) is 65.4 Å². The molecule has 0 saturated carbocycles. The lowest BCUT2D eigenvalue weighted by Crippen LogP contribution is -2.42. The monoisotopic (exact) mass is 470 g/mol. The molecule has 1 amide bonds. The van der Waals surface area contributed by atoms with E-state index in [1.54, 1.807) is 6.20 Å². The van der Waals surface area contributed by atoms with Crippen LogP contribution in [0.2, 0.25) is 0 Å². The van der Waals surface area contributed by atoms with Crippen molar-refractivity contribution < 1.29 is 9.32 Å². The van der Waals surface area contributed by atoms with Gasteiger partial charge in [0.1, 0.15) is 5.82 Å². The normalized spacial score (nSPS) is 16.3. The smallest absolute Gasteiger partial charge is 0.241 e. The highest BCUT2D eigenvalue weighted by atomic mass is 16.5. The molecule has 1 fully saturated rings. The minimum absolute atomic E-state index is 0.0648. The Morgan fingerprint density at radius 1 is 1.17 bits per heavy atom. The Bertz CT molecular complexity index is 1310. The summed E-state index contributed by atoms with van der Waals surface area (Å²) in [6, 6.07) is 16.1. The molecular weight excluding hydrogens is 440 g/mol. The molecule has 1 unspecified atom stereocenters. The molecule has 4 aromatic rings. The molecule has 1 saturated heterocycles. The summed E-state index contributed by atoms with van der Waals surface area (Å²) in [6.45, 7) is 6.63. The van der Waals surface area contributed by atoms with E-state index in [2.05, 4.69) is 25.3 Å². The molecule has 1 atom stereocenters. The van der Waals surface area contributed by atoms with Gasteiger partial charge < -0.3 is 14.4 Å². The molecule has 1 N–H and O–H groups in total. The summed E-state index contributed by atoms with van der Waals surface area (Å²) in [5.74, 6) is 2.11. The second-order valence-electron chi connectivity index (χ2n) is 9.15. The number of rotatable bonds is 7. The first kappa shape index (κ1) is 23.0. The van der Waals surface area contributed by atoms with Crippen LogP contribution in [0.25, 0.3) is 17.1 Å². The Morgan fingerprint density at radius 2 is 2.06 bits per heavy atom. The fourth-order valence-electron chi connectivity index (χ4n) is 4.68. The molecule has 0 spiro atoms. The molecule has 3 heterocycles. The van der Waals surface area contributed by atoms with E-state index in [4.69, 9.17) is 4.52 Å². The van der Waals surface area contributed by atoms with Crippen LogP contribution in [0.3, 0.4) is 0 Å². The number of benzene rings is 2. The van der Waals surface area contributed by atoms with Crippen LogP contribution >= 0.6 is 0 Å². The molecular formula is C27H30N6O2. The highest BCUT2D eigenvalue weighted by Crippen LogP contribution is 2.22. The van der Waals surface area contributed by atoms with Crippen LogP contribution in [0.5, 0.6) is 0 Å². The van der Waals surface area contributed by atoms with Crippen LogP contribution in [0.1, 0.15) is 35.7 Å². The Morgan fingerprint density at radius 3 is 2.89 bits per heavy atom. The van der Waals surface area contributed by atoms with E-state index >= 15 is 0 Å². The summed E-state index contributed by atoms with van der Waals surface area (Å²) in [7, 11) is 0. The van der Waals surface area contributed by atoms with Crippen molar-refractivity contribution in [3.05, 3.63) is 83.8 Å². The number of imidazole rings is 1. The lowest BCUT2D eigenvalue weighted by molar-refractivity contribution is -0.127. The molecule has 180 valence electrons. The second-order valence-corrected chi connectivity index (χ2v) is 9.15. The first-order valence-electron chi connectivity index (χ1n) is 12.0. The van der Waals surface area contributed by atoms with Gasteiger partial charge in [-0.3, -0.25) is 9.69 Å². The average molecular weight is 471 g/mol. The van der Waals surface area contributed by atoms with E-state index in [-0.39, 0.29) is 11.8 Å². The summed E-state index contributed by atoms with van der Waals surface area (Å²) in [6.07, 6.45) is 5.57. The van der Waals surface area contributed by atoms with Crippen LogP contribution < -0.4 is 5.32 Å². The van der Waals surface area contributed by atoms with Gasteiger partial charge in [-0.25, -0.2) is 4.98 Å². The SMILES string of the molecule is Cc1cccc(-c2noc(CN3CCCC(C(=O)NCc4ccccc4-n4ccnc4C)C3)n2)c1. The molecule has 0 radical (unpaired) electrons. The average Bonchev–Trinajstić information content (AvgIpc) is 3.52. The maximum atomic E-state index is 13.0. The van der Waals surface area contributed by atoms with Crippen molar-refractivity contribution in [1.82, 2.24) is 29.9 Å². The van der Waals surface area contributed by atoms with Gasteiger partial charge in [-0.1, -0.05) is 47.1 Å². The van der Waals surface area contributed by atoms with E-state index in [1.165, 1.54) is 0 Å². The van der Waals surface area contributed by atoms with Gasteiger partial charge in [-0.15, -0.1) is 0 Å². The van der Waals surface area contributed by atoms with Crippen molar-refractivity contribution >= 4 is 5.91 Å². The zero-order valence-electron chi connectivity index (χ0n) is 20.1. The predicted octanol–water partition coefficient (Wildman–Crippen LogP) is 4.07. The number of aromatic nitrogens is 4. The highest BCUT2D eigenvalue weighted by Gasteiger charge is 2.27. The molecule has 2 aromatic heterocycles. The first-order valence-corrected chi connectivity index (χ1v) is 12.0. The number of nitrogens with one attached hydrogen (secondary N) is 1. The number of nitrogens with zero attached hydrogens (tertiary/aromatic N) is 5. The first-order chi connectivity index (χ1) is 17.1. The fraction of sp³-hybridized carbons (Fsp3) is 0.333. The van der Waals surface area contributed by atoms with Gasteiger partial charge in [0.2, 0.25) is 17.6 Å². The van der Waals surface area contributed by atoms with Crippen LogP contribution in [0, 0.1) is 19.8 Å². The van der Waals surface area contributed by atoms with Gasteiger partial charge in [0, 0.05) is 31.0 Å². The van der Waals surface area contributed by atoms with Crippen molar-refractivity contribution in [2.24, 2.45) is 5.92 Å². The minimum Gasteiger partial charge on any atom is -0.352 e. The summed E-state index contributed by atoms with van der Waals surface area (Å²) < 4.78 is 7.55. The lowest BCUT2D eigenvalue weighted by Gasteiger charge is -2.31. The van der Waals surface area contributed by atoms with Crippen LogP contribution in [-0.2, 0) is 17.9 Å². The molecule has 0 aliphatic carbocycles. The van der Waals surface area contributed by atoms with Crippen molar-refractivity contribution in [3.8, 4) is 17.1 Å². The van der Waals surface area contributed by atoms with Gasteiger partial charge in [0.15, 0.2) is 0 Å². The van der Waals surface area contributed by atoms with E-state index in [0.29, 0.717) is 31.3 Å². The number of carbonyl (C=O) groups excluding carboxylic acids is 1. The Labute approximate surface area is 205 Å². The molecule has 5 rings (SSSR count). The Balaban J connectivity index is 1.19. The van der Waals surface area contributed by atoms with E-state index in [1.807, 2.05) is 73.1 Å². The van der Waals surface area contributed by atoms with Crippen LogP contribution in [0.4, 0.5) is 0 Å². The zero-order valence-corrected chi connectivity index (χ0v) is 20.1. The quantitative estimate of drug-likeness (QED) is 0.438. The number of carbonyl (C=O) groups is 1. The van der Waals surface area contributed by atoms with Gasteiger partial charge >= 0.3 is 0 Å². The molecule has 0 bridgehead atoms. The zero-order chi connectivity index (χ0) is 24.2. The van der Waals surface area contributed by atoms with E-state index < -0.39 is 0 Å². The summed E-state index contributed by atoms with van der Waals surface area (Å²) in [5.41, 5.74) is 4.20. The third kappa shape index (κ3) is 5.33. The van der Waals surface area contributed by atoms with Crippen molar-refractivity contribution in [3.63, 3.8) is 0 Å². The molecule has 2 aromatic carbocycles. The number of para-hydroxylation sites is 1. The highest BCUT2D eigenvalue weighted by molar-refractivity contribution is 5.79. The standard InChI is InChI=1S/C27H30N6O2/c1-19-7-5-9-21(15-19)26-30-25(35-31-26)18-32-13-6-10-23(17-32)27(34)29-16-22-8-3-4-11-24(22)33-14-12-28-20(33)2/h3-5,7-9,11-12,14-15,23H,6,10,13,16-18H2,1-2H3,(H,29,34). The van der Waals surface area contributed by atoms with Gasteiger partial charge in [0.05, 0.1) is 18.2 Å². The maximum absolute atomic E-state index is 13.0. The van der Waals surface area contributed by atoms with Gasteiger partial charge in [0.25, 0.3) is 0 Å². The fourth-order valence-corrected chi connectivity index (χ4v) is 4.68. The number of amides is 1. The third-order valence-corrected chi connectivity index (χ3v) is 6.51. The molecule has 1 aliphatic heterocycles. The van der Waals surface area contributed by atoms with Crippen LogP contribution in [-0.4, -0.2) is 43.6 Å². The molecule has 8 nitrogen and oxygen atoms in total. The van der Waals surface area contributed by atoms with Gasteiger partial charge in [-0.05, 0) is 50.9 Å². The summed E-state index contributed by atoms with van der Waals surface area (Å²) in [4.78, 5) is 24.2. The van der Waals surface area contributed by atoms with Gasteiger partial charge in [-0.2, -0.15) is 4.98 Å². The predicted molar refractivity (Wildman–Crippen MR) is 133 cm³/mol. The summed E-state index contributed by atoms with van der Waals surface area (Å²) >= 11 is 0. The Hall–Kier alpha value is -3.78. The van der Waals surface area contributed by atoms with E-state index in [9.17, 15) is 4.79 Å². The molecule has 8 heteroatoms. The number of hydrogen-bond acceptors (Lipinski definition) is 6. The molecule has 35 heavy (non-hydrogen) atoms. The van der Waals surface area contributed by atoms with Crippen molar-refractivity contribution in [1.29, 1.82) is 0 Å². The number of hydrogen-bond donors (Lipinski definition) is 1. The summed E-state index contributed by atoms with van der Waals surface area (Å²) in [5, 5.41) is 7.30.